The van der Waals surface area contributed by atoms with Crippen LogP contribution in [0.4, 0.5) is 14.5 Å². The van der Waals surface area contributed by atoms with E-state index in [0.29, 0.717) is 12.1 Å². The lowest BCUT2D eigenvalue weighted by molar-refractivity contribution is -0.385. The molecule has 1 saturated carbocycles. The average Bonchev–Trinajstić information content (AvgIpc) is 2.61. The zero-order chi connectivity index (χ0) is 20.0. The minimum Gasteiger partial charge on any atom is -0.493 e. The standard InChI is InChI=1S/C18H26F2N2O5/c1-12(23)10-21(14-6-4-3-5-7-14)11-13-8-16(26-2)17(27-18(19)20)9-15(13)22(24)25/h8-9,12,14,18,23H,3-7,10-11H2,1-2H3. The fraction of sp³-hybridized carbons (Fsp3) is 0.667. The van der Waals surface area contributed by atoms with Crippen molar-refractivity contribution in [3.63, 3.8) is 0 Å². The van der Waals surface area contributed by atoms with Crippen molar-refractivity contribution in [1.82, 2.24) is 4.90 Å². The summed E-state index contributed by atoms with van der Waals surface area (Å²) >= 11 is 0. The smallest absolute Gasteiger partial charge is 0.387 e. The predicted octanol–water partition coefficient (Wildman–Crippen LogP) is 3.72. The third-order valence-electron chi connectivity index (χ3n) is 4.74. The van der Waals surface area contributed by atoms with Crippen LogP contribution in [0.25, 0.3) is 0 Å². The first-order valence-electron chi connectivity index (χ1n) is 9.04. The van der Waals surface area contributed by atoms with Crippen LogP contribution in [0.3, 0.4) is 0 Å². The maximum absolute atomic E-state index is 12.6. The van der Waals surface area contributed by atoms with Crippen molar-refractivity contribution in [2.75, 3.05) is 13.7 Å². The fourth-order valence-electron chi connectivity index (χ4n) is 3.58. The molecule has 2 rings (SSSR count). The van der Waals surface area contributed by atoms with Crippen molar-refractivity contribution in [2.45, 2.75) is 64.3 Å². The molecule has 0 radical (unpaired) electrons. The molecule has 0 spiro atoms. The minimum atomic E-state index is -3.11. The number of ether oxygens (including phenoxy) is 2. The van der Waals surface area contributed by atoms with E-state index in [9.17, 15) is 24.0 Å². The molecular formula is C18H26F2N2O5. The number of aliphatic hydroxyl groups is 1. The van der Waals surface area contributed by atoms with E-state index in [2.05, 4.69) is 4.74 Å². The van der Waals surface area contributed by atoms with Crippen LogP contribution in [0.5, 0.6) is 11.5 Å². The maximum Gasteiger partial charge on any atom is 0.387 e. The Morgan fingerprint density at radius 2 is 1.96 bits per heavy atom. The summed E-state index contributed by atoms with van der Waals surface area (Å²) in [5, 5.41) is 21.3. The SMILES string of the molecule is COc1cc(CN(CC(C)O)C2CCCCC2)c([N+](=O)[O-])cc1OC(F)F. The molecule has 0 bridgehead atoms. The molecule has 27 heavy (non-hydrogen) atoms. The van der Waals surface area contributed by atoms with Crippen LogP contribution in [0.1, 0.15) is 44.6 Å². The van der Waals surface area contributed by atoms with E-state index in [1.807, 2.05) is 4.90 Å². The molecule has 0 heterocycles. The van der Waals surface area contributed by atoms with Crippen molar-refractivity contribution in [3.8, 4) is 11.5 Å². The molecule has 0 aliphatic heterocycles. The van der Waals surface area contributed by atoms with Gasteiger partial charge < -0.3 is 14.6 Å². The topological polar surface area (TPSA) is 85.1 Å². The van der Waals surface area contributed by atoms with Crippen LogP contribution in [0, 0.1) is 10.1 Å². The predicted molar refractivity (Wildman–Crippen MR) is 95.2 cm³/mol. The molecule has 1 aliphatic carbocycles. The zero-order valence-corrected chi connectivity index (χ0v) is 15.6. The third kappa shape index (κ3) is 6.00. The summed E-state index contributed by atoms with van der Waals surface area (Å²) in [5.74, 6) is -0.362. The van der Waals surface area contributed by atoms with E-state index in [1.54, 1.807) is 6.92 Å². The lowest BCUT2D eigenvalue weighted by Crippen LogP contribution is -2.40. The molecule has 0 amide bonds. The molecule has 0 aromatic heterocycles. The first-order chi connectivity index (χ1) is 12.8. The molecule has 0 saturated heterocycles. The van der Waals surface area contributed by atoms with E-state index < -0.39 is 17.6 Å². The lowest BCUT2D eigenvalue weighted by Gasteiger charge is -2.35. The number of hydrogen-bond acceptors (Lipinski definition) is 6. The first-order valence-corrected chi connectivity index (χ1v) is 9.04. The number of halogens is 2. The Hall–Kier alpha value is -2.00. The zero-order valence-electron chi connectivity index (χ0n) is 15.6. The van der Waals surface area contributed by atoms with Gasteiger partial charge in [-0.1, -0.05) is 19.3 Å². The number of nitro benzene ring substituents is 1. The highest BCUT2D eigenvalue weighted by molar-refractivity contribution is 5.54. The van der Waals surface area contributed by atoms with Gasteiger partial charge in [0.2, 0.25) is 0 Å². The summed E-state index contributed by atoms with van der Waals surface area (Å²) in [7, 11) is 1.29. The second kappa shape index (κ2) is 9.80. The average molecular weight is 388 g/mol. The van der Waals surface area contributed by atoms with Gasteiger partial charge in [0.05, 0.1) is 24.2 Å². The van der Waals surface area contributed by atoms with Crippen LogP contribution in [-0.4, -0.2) is 47.3 Å². The van der Waals surface area contributed by atoms with Gasteiger partial charge >= 0.3 is 6.61 Å². The third-order valence-corrected chi connectivity index (χ3v) is 4.74. The highest BCUT2D eigenvalue weighted by Gasteiger charge is 2.27. The van der Waals surface area contributed by atoms with Crippen LogP contribution >= 0.6 is 0 Å². The summed E-state index contributed by atoms with van der Waals surface area (Å²) in [6.07, 6.45) is 4.65. The number of nitro groups is 1. The summed E-state index contributed by atoms with van der Waals surface area (Å²) in [4.78, 5) is 12.9. The highest BCUT2D eigenvalue weighted by atomic mass is 19.3. The molecule has 1 unspecified atom stereocenters. The minimum absolute atomic E-state index is 0.0107. The van der Waals surface area contributed by atoms with E-state index in [0.717, 1.165) is 38.2 Å². The van der Waals surface area contributed by atoms with Gasteiger partial charge in [-0.05, 0) is 25.8 Å². The summed E-state index contributed by atoms with van der Waals surface area (Å²) in [5.41, 5.74) is 0.0301. The van der Waals surface area contributed by atoms with Gasteiger partial charge in [-0.15, -0.1) is 0 Å². The second-order valence-corrected chi connectivity index (χ2v) is 6.84. The molecule has 9 heteroatoms. The van der Waals surface area contributed by atoms with E-state index in [4.69, 9.17) is 4.74 Å². The largest absolute Gasteiger partial charge is 0.493 e. The van der Waals surface area contributed by atoms with Crippen molar-refractivity contribution in [2.24, 2.45) is 0 Å². The first kappa shape index (κ1) is 21.3. The molecule has 1 aromatic carbocycles. The number of methoxy groups -OCH3 is 1. The molecule has 152 valence electrons. The number of benzene rings is 1. The number of nitrogens with zero attached hydrogens (tertiary/aromatic N) is 2. The Morgan fingerprint density at radius 1 is 1.30 bits per heavy atom. The maximum atomic E-state index is 12.6. The van der Waals surface area contributed by atoms with Crippen LogP contribution in [-0.2, 0) is 6.54 Å². The van der Waals surface area contributed by atoms with Crippen molar-refractivity contribution in [1.29, 1.82) is 0 Å². The number of rotatable bonds is 9. The van der Waals surface area contributed by atoms with Gasteiger partial charge in [0.15, 0.2) is 11.5 Å². The van der Waals surface area contributed by atoms with Gasteiger partial charge in [0, 0.05) is 24.7 Å². The van der Waals surface area contributed by atoms with Crippen LogP contribution in [0.15, 0.2) is 12.1 Å². The molecule has 1 aliphatic rings. The molecular weight excluding hydrogens is 362 g/mol. The number of aliphatic hydroxyl groups excluding tert-OH is 1. The second-order valence-electron chi connectivity index (χ2n) is 6.84. The molecule has 1 atom stereocenters. The van der Waals surface area contributed by atoms with Crippen molar-refractivity contribution < 1.29 is 28.3 Å². The van der Waals surface area contributed by atoms with E-state index in [-0.39, 0.29) is 29.8 Å². The Bertz CT molecular complexity index is 636. The molecule has 1 fully saturated rings. The monoisotopic (exact) mass is 388 g/mol. The summed E-state index contributed by atoms with van der Waals surface area (Å²) < 4.78 is 34.6. The van der Waals surface area contributed by atoms with Gasteiger partial charge in [0.25, 0.3) is 5.69 Å². The lowest BCUT2D eigenvalue weighted by atomic mass is 9.93. The normalized spacial score (nSPS) is 16.6. The van der Waals surface area contributed by atoms with Crippen molar-refractivity contribution >= 4 is 5.69 Å². The van der Waals surface area contributed by atoms with Gasteiger partial charge in [0.1, 0.15) is 0 Å². The number of hydrogen-bond donors (Lipinski definition) is 1. The Labute approximate surface area is 157 Å². The van der Waals surface area contributed by atoms with Crippen molar-refractivity contribution in [3.05, 3.63) is 27.8 Å². The van der Waals surface area contributed by atoms with E-state index >= 15 is 0 Å². The Morgan fingerprint density at radius 3 is 2.48 bits per heavy atom. The summed E-state index contributed by atoms with van der Waals surface area (Å²) in [6, 6.07) is 2.56. The van der Waals surface area contributed by atoms with Gasteiger partial charge in [-0.2, -0.15) is 8.78 Å². The van der Waals surface area contributed by atoms with Crippen LogP contribution < -0.4 is 9.47 Å². The quantitative estimate of drug-likeness (QED) is 0.513. The van der Waals surface area contributed by atoms with E-state index in [1.165, 1.54) is 13.2 Å². The molecule has 1 N–H and O–H groups in total. The van der Waals surface area contributed by atoms with Gasteiger partial charge in [-0.3, -0.25) is 15.0 Å². The Balaban J connectivity index is 2.36. The Kier molecular flexibility index (Phi) is 7.73. The highest BCUT2D eigenvalue weighted by Crippen LogP contribution is 2.37. The summed E-state index contributed by atoms with van der Waals surface area (Å²) in [6.45, 7) is -0.848. The molecule has 7 nitrogen and oxygen atoms in total. The fourth-order valence-corrected chi connectivity index (χ4v) is 3.58. The van der Waals surface area contributed by atoms with Crippen LogP contribution in [0.2, 0.25) is 0 Å². The van der Waals surface area contributed by atoms with Gasteiger partial charge in [-0.25, -0.2) is 0 Å². The molecule has 1 aromatic rings. The number of alkyl halides is 2.